The number of hydrogen-bond donors (Lipinski definition) is 11. The zero-order valence-electron chi connectivity index (χ0n) is 24.3. The summed E-state index contributed by atoms with van der Waals surface area (Å²) in [5.74, 6) is -6.39. The molecule has 17 nitrogen and oxygen atoms in total. The maximum absolute atomic E-state index is 12.9. The number of nitrogens with one attached hydrogen (secondary N) is 6. The van der Waals surface area contributed by atoms with Gasteiger partial charge in [0.05, 0.1) is 19.0 Å². The molecule has 0 fully saturated rings. The molecule has 0 radical (unpaired) electrons. The fraction of sp³-hybridized carbons (Fsp3) is 0.519. The van der Waals surface area contributed by atoms with Crippen molar-refractivity contribution in [1.29, 1.82) is 5.41 Å². The molecule has 0 spiro atoms. The second-order valence-electron chi connectivity index (χ2n) is 9.96. The van der Waals surface area contributed by atoms with Gasteiger partial charge in [-0.25, -0.2) is 4.79 Å². The summed E-state index contributed by atoms with van der Waals surface area (Å²) in [6, 6.07) is 3.37. The Hall–Kier alpha value is -4.77. The molecule has 17 heteroatoms. The summed E-state index contributed by atoms with van der Waals surface area (Å²) in [6.45, 7) is -0.0196. The van der Waals surface area contributed by atoms with Gasteiger partial charge in [0.15, 0.2) is 5.96 Å². The van der Waals surface area contributed by atoms with Crippen molar-refractivity contribution >= 4 is 41.5 Å². The summed E-state index contributed by atoms with van der Waals surface area (Å²) in [5, 5.41) is 37.9. The molecule has 44 heavy (non-hydrogen) atoms. The van der Waals surface area contributed by atoms with Crippen LogP contribution in [0.2, 0.25) is 0 Å². The summed E-state index contributed by atoms with van der Waals surface area (Å²) in [4.78, 5) is 74.0. The van der Waals surface area contributed by atoms with Crippen molar-refractivity contribution in [2.45, 2.75) is 69.1 Å². The van der Waals surface area contributed by atoms with E-state index < -0.39 is 72.7 Å². The van der Waals surface area contributed by atoms with Crippen molar-refractivity contribution in [2.75, 3.05) is 19.6 Å². The van der Waals surface area contributed by atoms with Crippen LogP contribution in [0.4, 0.5) is 0 Å². The fourth-order valence-corrected chi connectivity index (χ4v) is 3.96. The minimum atomic E-state index is -1.64. The Labute approximate surface area is 254 Å². The molecule has 244 valence electrons. The molecule has 14 N–H and O–H groups in total. The van der Waals surface area contributed by atoms with E-state index in [1.165, 1.54) is 0 Å². The van der Waals surface area contributed by atoms with Crippen LogP contribution < -0.4 is 43.8 Å². The highest BCUT2D eigenvalue weighted by atomic mass is 16.4. The predicted molar refractivity (Wildman–Crippen MR) is 159 cm³/mol. The number of amides is 4. The van der Waals surface area contributed by atoms with Gasteiger partial charge in [0.25, 0.3) is 0 Å². The third kappa shape index (κ3) is 15.5. The first-order chi connectivity index (χ1) is 20.8. The maximum Gasteiger partial charge on any atom is 0.326 e. The lowest BCUT2D eigenvalue weighted by Gasteiger charge is -2.22. The number of carboxylic acids is 2. The Balaban J connectivity index is 2.84. The van der Waals surface area contributed by atoms with E-state index in [9.17, 15) is 39.0 Å². The molecular weight excluding hydrogens is 578 g/mol. The molecule has 1 rings (SSSR count). The van der Waals surface area contributed by atoms with Gasteiger partial charge in [-0.05, 0) is 37.8 Å². The van der Waals surface area contributed by atoms with Crippen LogP contribution in [0.3, 0.4) is 0 Å². The fourth-order valence-electron chi connectivity index (χ4n) is 3.96. The molecule has 0 saturated carbocycles. The van der Waals surface area contributed by atoms with Gasteiger partial charge in [-0.3, -0.25) is 29.4 Å². The van der Waals surface area contributed by atoms with E-state index in [2.05, 4.69) is 26.6 Å². The van der Waals surface area contributed by atoms with E-state index in [4.69, 9.17) is 22.6 Å². The zero-order chi connectivity index (χ0) is 33.1. The quantitative estimate of drug-likeness (QED) is 0.0374. The van der Waals surface area contributed by atoms with Crippen LogP contribution in [0, 0.1) is 5.41 Å². The standard InChI is InChI=1S/C27H43N9O8/c28-11-5-4-9-17(29)23(40)35-18(10-6-12-32-27(30)31)24(41)33-15-21(37)34-19(14-22(38)39)25(42)36-20(26(43)44)13-16-7-2-1-3-8-16/h1-3,7-8,17-20H,4-6,9-15,28-29H2,(H,33,41)(H,34,37)(H,35,40)(H,36,42)(H,38,39)(H,43,44)(H4,30,31,32)/t17-,18-,19-,20+/m0/s1. The molecule has 0 aliphatic carbocycles. The molecule has 0 aromatic heterocycles. The molecule has 4 atom stereocenters. The lowest BCUT2D eigenvalue weighted by molar-refractivity contribution is -0.143. The van der Waals surface area contributed by atoms with E-state index in [0.717, 1.165) is 0 Å². The van der Waals surface area contributed by atoms with Gasteiger partial charge in [0.2, 0.25) is 23.6 Å². The van der Waals surface area contributed by atoms with Crippen LogP contribution in [0.1, 0.15) is 44.1 Å². The largest absolute Gasteiger partial charge is 0.481 e. The molecule has 1 aromatic carbocycles. The highest BCUT2D eigenvalue weighted by Crippen LogP contribution is 2.05. The van der Waals surface area contributed by atoms with Crippen LogP contribution in [0.5, 0.6) is 0 Å². The summed E-state index contributed by atoms with van der Waals surface area (Å²) in [6.07, 6.45) is 1.08. The number of carbonyl (C=O) groups is 6. The molecule has 1 aromatic rings. The van der Waals surface area contributed by atoms with Crippen LogP contribution in [0.15, 0.2) is 30.3 Å². The highest BCUT2D eigenvalue weighted by Gasteiger charge is 2.29. The number of guanidine groups is 1. The third-order valence-electron chi connectivity index (χ3n) is 6.27. The third-order valence-corrected chi connectivity index (χ3v) is 6.27. The summed E-state index contributed by atoms with van der Waals surface area (Å²) in [7, 11) is 0. The molecule has 0 bridgehead atoms. The zero-order valence-corrected chi connectivity index (χ0v) is 24.3. The first kappa shape index (κ1) is 37.3. The second-order valence-corrected chi connectivity index (χ2v) is 9.96. The van der Waals surface area contributed by atoms with Gasteiger partial charge in [0, 0.05) is 13.0 Å². The Morgan fingerprint density at radius 1 is 0.795 bits per heavy atom. The minimum absolute atomic E-state index is 0.0859. The van der Waals surface area contributed by atoms with Crippen molar-refractivity contribution in [1.82, 2.24) is 26.6 Å². The van der Waals surface area contributed by atoms with Gasteiger partial charge >= 0.3 is 11.9 Å². The van der Waals surface area contributed by atoms with Crippen molar-refractivity contribution in [3.05, 3.63) is 35.9 Å². The number of unbranched alkanes of at least 4 members (excludes halogenated alkanes) is 1. The van der Waals surface area contributed by atoms with Gasteiger partial charge in [-0.1, -0.05) is 36.8 Å². The number of nitrogens with two attached hydrogens (primary N) is 3. The number of hydrogen-bond acceptors (Lipinski definition) is 9. The molecule has 0 aliphatic rings. The number of carbonyl (C=O) groups excluding carboxylic acids is 4. The van der Waals surface area contributed by atoms with Crippen molar-refractivity contribution in [3.8, 4) is 0 Å². The van der Waals surface area contributed by atoms with Gasteiger partial charge in [-0.15, -0.1) is 0 Å². The average Bonchev–Trinajstić information content (AvgIpc) is 2.96. The number of benzene rings is 1. The summed E-state index contributed by atoms with van der Waals surface area (Å²) in [5.41, 5.74) is 17.2. The van der Waals surface area contributed by atoms with Crippen LogP contribution in [-0.4, -0.2) is 95.5 Å². The molecule has 0 unspecified atom stereocenters. The van der Waals surface area contributed by atoms with E-state index in [1.54, 1.807) is 30.3 Å². The monoisotopic (exact) mass is 621 g/mol. The Morgan fingerprint density at radius 3 is 2.05 bits per heavy atom. The number of carboxylic acid groups (broad SMARTS) is 2. The molecule has 0 aliphatic heterocycles. The first-order valence-electron chi connectivity index (χ1n) is 14.0. The number of rotatable bonds is 21. The van der Waals surface area contributed by atoms with Crippen LogP contribution >= 0.6 is 0 Å². The first-order valence-corrected chi connectivity index (χ1v) is 14.0. The smallest absolute Gasteiger partial charge is 0.326 e. The lowest BCUT2D eigenvalue weighted by atomic mass is 10.1. The van der Waals surface area contributed by atoms with Crippen LogP contribution in [-0.2, 0) is 35.2 Å². The van der Waals surface area contributed by atoms with E-state index in [0.29, 0.717) is 37.8 Å². The Bertz CT molecular complexity index is 1140. The predicted octanol–water partition coefficient (Wildman–Crippen LogP) is -2.92. The molecule has 4 amide bonds. The average molecular weight is 622 g/mol. The minimum Gasteiger partial charge on any atom is -0.481 e. The maximum atomic E-state index is 12.9. The normalized spacial score (nSPS) is 13.3. The van der Waals surface area contributed by atoms with Crippen molar-refractivity contribution in [2.24, 2.45) is 17.2 Å². The van der Waals surface area contributed by atoms with Gasteiger partial charge in [0.1, 0.15) is 18.1 Å². The second kappa shape index (κ2) is 20.2. The van der Waals surface area contributed by atoms with Crippen LogP contribution in [0.25, 0.3) is 0 Å². The highest BCUT2D eigenvalue weighted by molar-refractivity contribution is 5.95. The topological polar surface area (TPSA) is 305 Å². The SMILES string of the molecule is N=C(N)NCCC[C@H](NC(=O)[C@@H](N)CCCCN)C(=O)NCC(=O)N[C@@H](CC(=O)O)C(=O)N[C@H](Cc1ccccc1)C(=O)O. The molecule has 0 heterocycles. The lowest BCUT2D eigenvalue weighted by Crippen LogP contribution is -2.55. The summed E-state index contributed by atoms with van der Waals surface area (Å²) >= 11 is 0. The van der Waals surface area contributed by atoms with Gasteiger partial charge in [-0.2, -0.15) is 0 Å². The summed E-state index contributed by atoms with van der Waals surface area (Å²) < 4.78 is 0. The van der Waals surface area contributed by atoms with E-state index in [1.807, 2.05) is 0 Å². The van der Waals surface area contributed by atoms with Gasteiger partial charge < -0.3 is 54.0 Å². The number of aliphatic carboxylic acids is 2. The van der Waals surface area contributed by atoms with Crippen molar-refractivity contribution in [3.63, 3.8) is 0 Å². The van der Waals surface area contributed by atoms with E-state index in [-0.39, 0.29) is 25.3 Å². The van der Waals surface area contributed by atoms with Crippen molar-refractivity contribution < 1.29 is 39.0 Å². The molecular formula is C27H43N9O8. The Morgan fingerprint density at radius 2 is 1.45 bits per heavy atom. The molecule has 0 saturated heterocycles. The van der Waals surface area contributed by atoms with E-state index >= 15 is 0 Å². The Kier molecular flexibility index (Phi) is 17.1.